The maximum Gasteiger partial charge on any atom is 0.410 e. The molecule has 10 heteroatoms. The fourth-order valence-electron chi connectivity index (χ4n) is 2.62. The summed E-state index contributed by atoms with van der Waals surface area (Å²) in [4.78, 5) is 13.3. The zero-order valence-electron chi connectivity index (χ0n) is 14.3. The average Bonchev–Trinajstić information content (AvgIpc) is 2.65. The largest absolute Gasteiger partial charge is 0.445 e. The van der Waals surface area contributed by atoms with E-state index >= 15 is 0 Å². The number of hydrogen-bond donors (Lipinski definition) is 0. The molecule has 1 unspecified atom stereocenters. The van der Waals surface area contributed by atoms with Gasteiger partial charge in [0.1, 0.15) is 19.3 Å². The Morgan fingerprint density at radius 3 is 2.44 bits per heavy atom. The van der Waals surface area contributed by atoms with Crippen molar-refractivity contribution in [3.63, 3.8) is 0 Å². The fourth-order valence-corrected chi connectivity index (χ4v) is 2.62. The van der Waals surface area contributed by atoms with Gasteiger partial charge < -0.3 is 19.1 Å². The quantitative estimate of drug-likeness (QED) is 0.629. The van der Waals surface area contributed by atoms with Crippen LogP contribution in [0.3, 0.4) is 0 Å². The van der Waals surface area contributed by atoms with Crippen LogP contribution in [0.15, 0.2) is 30.3 Å². The topological polar surface area (TPSA) is 48.0 Å². The molecule has 1 aliphatic heterocycles. The summed E-state index contributed by atoms with van der Waals surface area (Å²) in [5, 5.41) is 0. The maximum atomic E-state index is 13.3. The van der Waals surface area contributed by atoms with Crippen LogP contribution in [0.1, 0.15) is 12.0 Å². The Bertz CT molecular complexity index is 578. The van der Waals surface area contributed by atoms with Crippen LogP contribution in [-0.2, 0) is 20.8 Å². The van der Waals surface area contributed by atoms with Crippen molar-refractivity contribution in [2.45, 2.75) is 44.4 Å². The van der Waals surface area contributed by atoms with Gasteiger partial charge in [0.15, 0.2) is 0 Å². The molecular formula is C17H20F5NO4. The number of piperidine rings is 1. The summed E-state index contributed by atoms with van der Waals surface area (Å²) in [7, 11) is 0. The van der Waals surface area contributed by atoms with Crippen LogP contribution < -0.4 is 0 Å². The van der Waals surface area contributed by atoms with Gasteiger partial charge >= 0.3 is 6.09 Å². The van der Waals surface area contributed by atoms with Gasteiger partial charge in [-0.15, -0.1) is 0 Å². The lowest BCUT2D eigenvalue weighted by atomic mass is 10.0. The predicted molar refractivity (Wildman–Crippen MR) is 84.3 cm³/mol. The van der Waals surface area contributed by atoms with Gasteiger partial charge in [0.05, 0.1) is 12.6 Å². The zero-order valence-corrected chi connectivity index (χ0v) is 14.3. The van der Waals surface area contributed by atoms with E-state index in [0.717, 1.165) is 10.5 Å². The lowest BCUT2D eigenvalue weighted by Crippen LogP contribution is -2.52. The van der Waals surface area contributed by atoms with Gasteiger partial charge in [-0.3, -0.25) is 0 Å². The van der Waals surface area contributed by atoms with Crippen molar-refractivity contribution in [2.75, 3.05) is 19.7 Å². The zero-order chi connectivity index (χ0) is 19.8. The molecule has 1 saturated heterocycles. The van der Waals surface area contributed by atoms with E-state index < -0.39 is 44.1 Å². The summed E-state index contributed by atoms with van der Waals surface area (Å²) in [6.07, 6.45) is -12.1. The minimum Gasteiger partial charge on any atom is -0.445 e. The van der Waals surface area contributed by atoms with Gasteiger partial charge in [0.2, 0.25) is 0 Å². The molecule has 0 radical (unpaired) electrons. The Morgan fingerprint density at radius 1 is 1.11 bits per heavy atom. The Labute approximate surface area is 153 Å². The van der Waals surface area contributed by atoms with Crippen LogP contribution in [0.4, 0.5) is 26.7 Å². The van der Waals surface area contributed by atoms with Crippen molar-refractivity contribution in [3.05, 3.63) is 35.9 Å². The number of ether oxygens (including phenoxy) is 3. The van der Waals surface area contributed by atoms with Crippen LogP contribution in [0.5, 0.6) is 0 Å². The molecule has 0 N–H and O–H groups in total. The van der Waals surface area contributed by atoms with Crippen molar-refractivity contribution in [1.82, 2.24) is 4.90 Å². The number of carbonyl (C=O) groups is 1. The number of alkyl halides is 5. The van der Waals surface area contributed by atoms with E-state index in [4.69, 9.17) is 9.47 Å². The maximum absolute atomic E-state index is 13.3. The van der Waals surface area contributed by atoms with Crippen molar-refractivity contribution < 1.29 is 41.0 Å². The van der Waals surface area contributed by atoms with Crippen LogP contribution in [-0.4, -0.2) is 62.1 Å². The first-order chi connectivity index (χ1) is 12.9. The summed E-state index contributed by atoms with van der Waals surface area (Å²) < 4.78 is 77.4. The summed E-state index contributed by atoms with van der Waals surface area (Å²) >= 11 is 0. The van der Waals surface area contributed by atoms with Crippen LogP contribution in [0, 0.1) is 0 Å². The lowest BCUT2D eigenvalue weighted by molar-refractivity contribution is -0.204. The van der Waals surface area contributed by atoms with Gasteiger partial charge in [-0.2, -0.15) is 0 Å². The highest BCUT2D eigenvalue weighted by Gasteiger charge is 2.37. The molecule has 1 aromatic carbocycles. The summed E-state index contributed by atoms with van der Waals surface area (Å²) in [5.74, 6) is 0. The van der Waals surface area contributed by atoms with Gasteiger partial charge in [0, 0.05) is 6.54 Å². The minimum atomic E-state index is -3.40. The second-order valence-corrected chi connectivity index (χ2v) is 5.90. The molecule has 1 heterocycles. The first-order valence-electron chi connectivity index (χ1n) is 8.30. The standard InChI is InChI=1S/C17H20F5NO4/c18-14(19)10-25-12-6-7-23(8-13(12)27-16(22)15(20)21)17(24)26-9-11-4-2-1-3-5-11/h1-5,12-16H,6-10H2/t12-,13+,16?/m1/s1. The van der Waals surface area contributed by atoms with E-state index in [2.05, 4.69) is 4.74 Å². The average molecular weight is 397 g/mol. The van der Waals surface area contributed by atoms with Crippen LogP contribution in [0.25, 0.3) is 0 Å². The fraction of sp³-hybridized carbons (Fsp3) is 0.588. The van der Waals surface area contributed by atoms with E-state index in [1.165, 1.54) is 0 Å². The molecule has 0 saturated carbocycles. The number of hydrogen-bond acceptors (Lipinski definition) is 4. The van der Waals surface area contributed by atoms with E-state index in [1.807, 2.05) is 0 Å². The molecule has 27 heavy (non-hydrogen) atoms. The predicted octanol–water partition coefficient (Wildman–Crippen LogP) is 3.63. The number of halogens is 5. The molecule has 1 amide bonds. The molecule has 1 fully saturated rings. The first-order valence-corrected chi connectivity index (χ1v) is 8.30. The third kappa shape index (κ3) is 6.94. The third-order valence-electron chi connectivity index (χ3n) is 3.90. The van der Waals surface area contributed by atoms with Crippen molar-refractivity contribution >= 4 is 6.09 Å². The molecule has 0 spiro atoms. The normalized spacial score (nSPS) is 21.5. The second-order valence-electron chi connectivity index (χ2n) is 5.90. The molecule has 152 valence electrons. The highest BCUT2D eigenvalue weighted by molar-refractivity contribution is 5.67. The smallest absolute Gasteiger partial charge is 0.410 e. The van der Waals surface area contributed by atoms with Crippen LogP contribution in [0.2, 0.25) is 0 Å². The number of benzene rings is 1. The lowest BCUT2D eigenvalue weighted by Gasteiger charge is -2.38. The monoisotopic (exact) mass is 397 g/mol. The second kappa shape index (κ2) is 10.4. The molecule has 0 aromatic heterocycles. The Kier molecular flexibility index (Phi) is 8.23. The van der Waals surface area contributed by atoms with E-state index in [9.17, 15) is 26.7 Å². The first kappa shape index (κ1) is 21.4. The van der Waals surface area contributed by atoms with Crippen molar-refractivity contribution in [3.8, 4) is 0 Å². The van der Waals surface area contributed by atoms with Crippen LogP contribution >= 0.6 is 0 Å². The van der Waals surface area contributed by atoms with E-state index in [1.54, 1.807) is 30.3 Å². The molecule has 3 atom stereocenters. The number of amides is 1. The van der Waals surface area contributed by atoms with Gasteiger partial charge in [-0.1, -0.05) is 30.3 Å². The molecule has 5 nitrogen and oxygen atoms in total. The molecule has 2 rings (SSSR count). The SMILES string of the molecule is O=C(OCc1ccccc1)N1CC[C@@H](OCC(F)F)[C@@H](OC(F)C(F)F)C1. The number of rotatable bonds is 8. The molecule has 0 aliphatic carbocycles. The Morgan fingerprint density at radius 2 is 1.81 bits per heavy atom. The molecular weight excluding hydrogens is 377 g/mol. The number of nitrogens with zero attached hydrogens (tertiary/aromatic N) is 1. The summed E-state index contributed by atoms with van der Waals surface area (Å²) in [6.45, 7) is -1.17. The number of likely N-dealkylation sites (tertiary alicyclic amines) is 1. The Hall–Kier alpha value is -1.94. The van der Waals surface area contributed by atoms with E-state index in [0.29, 0.717) is 0 Å². The van der Waals surface area contributed by atoms with Gasteiger partial charge in [-0.25, -0.2) is 26.7 Å². The minimum absolute atomic E-state index is 0.00419. The molecule has 1 aliphatic rings. The summed E-state index contributed by atoms with van der Waals surface area (Å²) in [6, 6.07) is 8.84. The van der Waals surface area contributed by atoms with Crippen molar-refractivity contribution in [1.29, 1.82) is 0 Å². The highest BCUT2D eigenvalue weighted by Crippen LogP contribution is 2.22. The van der Waals surface area contributed by atoms with Gasteiger partial charge in [0.25, 0.3) is 19.2 Å². The molecule has 0 bridgehead atoms. The highest BCUT2D eigenvalue weighted by atomic mass is 19.3. The Balaban J connectivity index is 1.93. The number of carbonyl (C=O) groups excluding carboxylic acids is 1. The molecule has 1 aromatic rings. The van der Waals surface area contributed by atoms with E-state index in [-0.39, 0.29) is 26.1 Å². The summed E-state index contributed by atoms with van der Waals surface area (Å²) in [5.41, 5.74) is 0.746. The third-order valence-corrected chi connectivity index (χ3v) is 3.90. The van der Waals surface area contributed by atoms with Crippen molar-refractivity contribution in [2.24, 2.45) is 0 Å². The van der Waals surface area contributed by atoms with Gasteiger partial charge in [-0.05, 0) is 12.0 Å².